The molecule has 0 N–H and O–H groups in total. The molecule has 0 bridgehead atoms. The van der Waals surface area contributed by atoms with E-state index in [9.17, 15) is 0 Å². The molecule has 0 heterocycles. The Kier molecular flexibility index (Phi) is 7.82. The van der Waals surface area contributed by atoms with Gasteiger partial charge in [0.1, 0.15) is 0 Å². The van der Waals surface area contributed by atoms with Gasteiger partial charge in [0.2, 0.25) is 0 Å². The van der Waals surface area contributed by atoms with Crippen LogP contribution in [-0.4, -0.2) is 0 Å². The molecule has 0 aromatic heterocycles. The zero-order valence-corrected chi connectivity index (χ0v) is 30.1. The second-order valence-corrected chi connectivity index (χ2v) is 14.4. The van der Waals surface area contributed by atoms with E-state index in [4.69, 9.17) is 0 Å². The van der Waals surface area contributed by atoms with Gasteiger partial charge in [-0.2, -0.15) is 0 Å². The van der Waals surface area contributed by atoms with Crippen LogP contribution >= 0.6 is 0 Å². The van der Waals surface area contributed by atoms with Crippen LogP contribution < -0.4 is 9.80 Å². The summed E-state index contributed by atoms with van der Waals surface area (Å²) in [4.78, 5) is 4.80. The van der Waals surface area contributed by atoms with Crippen LogP contribution in [0.25, 0.3) is 44.8 Å². The predicted molar refractivity (Wildman–Crippen MR) is 229 cm³/mol. The molecule has 0 aliphatic heterocycles. The van der Waals surface area contributed by atoms with Crippen molar-refractivity contribution in [3.63, 3.8) is 0 Å². The second kappa shape index (κ2) is 12.8. The minimum absolute atomic E-state index is 0.253. The van der Waals surface area contributed by atoms with Crippen LogP contribution in [0.4, 0.5) is 34.1 Å². The zero-order chi connectivity index (χ0) is 36.1. The molecular formula is C51H40N2. The van der Waals surface area contributed by atoms with Crippen molar-refractivity contribution in [1.82, 2.24) is 0 Å². The second-order valence-electron chi connectivity index (χ2n) is 14.4. The van der Waals surface area contributed by atoms with Crippen LogP contribution in [0, 0.1) is 0 Å². The molecule has 9 rings (SSSR count). The highest BCUT2D eigenvalue weighted by Crippen LogP contribution is 2.53. The molecular weight excluding hydrogens is 641 g/mol. The number of fused-ring (bicyclic) bond motifs is 5. The number of hydrogen-bond donors (Lipinski definition) is 0. The number of benzene rings is 8. The maximum atomic E-state index is 4.07. The molecule has 0 saturated carbocycles. The van der Waals surface area contributed by atoms with Crippen LogP contribution in [0.5, 0.6) is 0 Å². The molecule has 0 atom stereocenters. The van der Waals surface area contributed by atoms with Gasteiger partial charge in [0.25, 0.3) is 0 Å². The van der Waals surface area contributed by atoms with Crippen molar-refractivity contribution in [2.24, 2.45) is 0 Å². The van der Waals surface area contributed by atoms with E-state index >= 15 is 0 Å². The molecule has 1 aliphatic rings. The lowest BCUT2D eigenvalue weighted by atomic mass is 9.82. The molecule has 8 aromatic carbocycles. The topological polar surface area (TPSA) is 6.48 Å². The summed E-state index contributed by atoms with van der Waals surface area (Å²) in [6.07, 6.45) is 3.83. The van der Waals surface area contributed by atoms with Crippen LogP contribution in [0.3, 0.4) is 0 Å². The van der Waals surface area contributed by atoms with Crippen molar-refractivity contribution in [1.29, 1.82) is 0 Å². The fraction of sp³-hybridized carbons (Fsp3) is 0.0588. The fourth-order valence-electron chi connectivity index (χ4n) is 8.23. The minimum Gasteiger partial charge on any atom is -0.310 e. The third kappa shape index (κ3) is 5.43. The normalized spacial score (nSPS) is 12.6. The molecule has 0 fully saturated rings. The van der Waals surface area contributed by atoms with Gasteiger partial charge in [-0.25, -0.2) is 0 Å². The van der Waals surface area contributed by atoms with Gasteiger partial charge >= 0.3 is 0 Å². The summed E-state index contributed by atoms with van der Waals surface area (Å²) in [7, 11) is 0. The Morgan fingerprint density at radius 3 is 1.26 bits per heavy atom. The monoisotopic (exact) mass is 680 g/mol. The Morgan fingerprint density at radius 2 is 0.811 bits per heavy atom. The first kappa shape index (κ1) is 32.3. The van der Waals surface area contributed by atoms with Crippen molar-refractivity contribution in [3.05, 3.63) is 205 Å². The summed E-state index contributed by atoms with van der Waals surface area (Å²) in [5, 5.41) is 4.85. The van der Waals surface area contributed by atoms with E-state index in [0.717, 1.165) is 45.3 Å². The van der Waals surface area contributed by atoms with Gasteiger partial charge in [-0.15, -0.1) is 0 Å². The standard InChI is InChI=1S/C51H40N2/c1-5-35-15-11-21-39(31-35)52(49-25-13-19-37-17-7-9-23-43(37)49)41-27-29-45-46-30-28-42(34-48(46)51(3,4)47(45)33-41)53(40-22-12-16-36(6-2)32-40)50-26-14-20-38-18-8-10-24-44(38)50/h5-34H,1-2H2,3-4H3. The summed E-state index contributed by atoms with van der Waals surface area (Å²) < 4.78 is 0. The Bertz CT molecular complexity index is 2520. The molecule has 2 nitrogen and oxygen atoms in total. The van der Waals surface area contributed by atoms with E-state index in [1.54, 1.807) is 0 Å². The number of anilines is 6. The molecule has 0 amide bonds. The number of rotatable bonds is 8. The lowest BCUT2D eigenvalue weighted by molar-refractivity contribution is 0.660. The maximum Gasteiger partial charge on any atom is 0.0540 e. The first-order valence-electron chi connectivity index (χ1n) is 18.2. The Balaban J connectivity index is 1.20. The first-order chi connectivity index (χ1) is 25.9. The SMILES string of the molecule is C=Cc1cccc(N(c2ccc3c(c2)C(C)(C)c2cc(N(c4cccc(C=C)c4)c4cccc5ccccc45)ccc2-3)c2cccc3ccccc23)c1. The average molecular weight is 681 g/mol. The van der Waals surface area contributed by atoms with Gasteiger partial charge < -0.3 is 9.80 Å². The summed E-state index contributed by atoms with van der Waals surface area (Å²) in [6, 6.07) is 61.7. The summed E-state index contributed by atoms with van der Waals surface area (Å²) in [5.74, 6) is 0. The lowest BCUT2D eigenvalue weighted by Crippen LogP contribution is -2.18. The van der Waals surface area contributed by atoms with Crippen LogP contribution in [0.15, 0.2) is 183 Å². The smallest absolute Gasteiger partial charge is 0.0540 e. The van der Waals surface area contributed by atoms with Gasteiger partial charge in [0.15, 0.2) is 0 Å². The van der Waals surface area contributed by atoms with Crippen LogP contribution in [-0.2, 0) is 5.41 Å². The molecule has 53 heavy (non-hydrogen) atoms. The highest BCUT2D eigenvalue weighted by molar-refractivity contribution is 6.01. The quantitative estimate of drug-likeness (QED) is 0.158. The molecule has 1 aliphatic carbocycles. The molecule has 0 spiro atoms. The van der Waals surface area contributed by atoms with Gasteiger partial charge in [0.05, 0.1) is 11.4 Å². The minimum atomic E-state index is -0.253. The van der Waals surface area contributed by atoms with E-state index in [0.29, 0.717) is 0 Å². The van der Waals surface area contributed by atoms with Crippen LogP contribution in [0.2, 0.25) is 0 Å². The summed E-state index contributed by atoms with van der Waals surface area (Å²) >= 11 is 0. The van der Waals surface area contributed by atoms with Gasteiger partial charge in [0, 0.05) is 38.9 Å². The number of hydrogen-bond acceptors (Lipinski definition) is 2. The molecule has 0 saturated heterocycles. The van der Waals surface area contributed by atoms with Gasteiger partial charge in [-0.1, -0.05) is 148 Å². The Labute approximate surface area is 312 Å². The molecule has 8 aromatic rings. The van der Waals surface area contributed by atoms with E-state index < -0.39 is 0 Å². The lowest BCUT2D eigenvalue weighted by Gasteiger charge is -2.30. The molecule has 254 valence electrons. The predicted octanol–water partition coefficient (Wildman–Crippen LogP) is 14.5. The van der Waals surface area contributed by atoms with E-state index in [-0.39, 0.29) is 5.41 Å². The van der Waals surface area contributed by atoms with Crippen molar-refractivity contribution >= 4 is 67.8 Å². The summed E-state index contributed by atoms with van der Waals surface area (Å²) in [5.41, 5.74) is 13.9. The zero-order valence-electron chi connectivity index (χ0n) is 30.1. The summed E-state index contributed by atoms with van der Waals surface area (Å²) in [6.45, 7) is 12.9. The average Bonchev–Trinajstić information content (AvgIpc) is 3.43. The first-order valence-corrected chi connectivity index (χ1v) is 18.2. The maximum absolute atomic E-state index is 4.07. The van der Waals surface area contributed by atoms with Crippen molar-refractivity contribution in [2.75, 3.05) is 9.80 Å². The van der Waals surface area contributed by atoms with Crippen LogP contribution in [0.1, 0.15) is 36.1 Å². The molecule has 0 radical (unpaired) electrons. The highest BCUT2D eigenvalue weighted by Gasteiger charge is 2.37. The third-order valence-corrected chi connectivity index (χ3v) is 10.9. The van der Waals surface area contributed by atoms with E-state index in [2.05, 4.69) is 207 Å². The van der Waals surface area contributed by atoms with Gasteiger partial charge in [-0.3, -0.25) is 0 Å². The van der Waals surface area contributed by atoms with Crippen molar-refractivity contribution < 1.29 is 0 Å². The van der Waals surface area contributed by atoms with Gasteiger partial charge in [-0.05, 0) is 105 Å². The number of nitrogens with zero attached hydrogens (tertiary/aromatic N) is 2. The molecule has 0 unspecified atom stereocenters. The Morgan fingerprint density at radius 1 is 0.415 bits per heavy atom. The largest absolute Gasteiger partial charge is 0.310 e. The fourth-order valence-corrected chi connectivity index (χ4v) is 8.23. The van der Waals surface area contributed by atoms with Crippen molar-refractivity contribution in [3.8, 4) is 11.1 Å². The van der Waals surface area contributed by atoms with Crippen molar-refractivity contribution in [2.45, 2.75) is 19.3 Å². The highest BCUT2D eigenvalue weighted by atomic mass is 15.1. The van der Waals surface area contributed by atoms with E-state index in [1.165, 1.54) is 43.8 Å². The third-order valence-electron chi connectivity index (χ3n) is 10.9. The molecule has 2 heteroatoms. The Hall–Kier alpha value is -6.64. The van der Waals surface area contributed by atoms with E-state index in [1.807, 2.05) is 12.2 Å².